The fraction of sp³-hybridized carbons (Fsp3) is 0.444. The van der Waals surface area contributed by atoms with Crippen molar-refractivity contribution in [2.75, 3.05) is 19.8 Å². The average molecular weight is 509 g/mol. The van der Waals surface area contributed by atoms with E-state index in [-0.39, 0.29) is 18.8 Å². The molecule has 0 saturated carbocycles. The van der Waals surface area contributed by atoms with Crippen LogP contribution in [0.15, 0.2) is 42.7 Å². The molecule has 8 nitrogen and oxygen atoms in total. The first-order chi connectivity index (χ1) is 17.3. The molecule has 2 unspecified atom stereocenters. The lowest BCUT2D eigenvalue weighted by atomic mass is 10.1. The number of esters is 1. The number of quaternary nitrogens is 1. The Morgan fingerprint density at radius 3 is 2.89 bits per heavy atom. The van der Waals surface area contributed by atoms with Gasteiger partial charge in [-0.05, 0) is 50.6 Å². The number of aromatic nitrogens is 2. The van der Waals surface area contributed by atoms with Crippen molar-refractivity contribution in [1.82, 2.24) is 19.5 Å². The number of carbonyl (C=O) groups is 1. The molecule has 9 heteroatoms. The van der Waals surface area contributed by atoms with Gasteiger partial charge in [0.25, 0.3) is 11.4 Å². The summed E-state index contributed by atoms with van der Waals surface area (Å²) in [6.45, 7) is 6.77. The van der Waals surface area contributed by atoms with Crippen LogP contribution >= 0.6 is 11.3 Å². The number of nitrogens with zero attached hydrogens (tertiary/aromatic N) is 4. The average Bonchev–Trinajstić information content (AvgIpc) is 3.46. The van der Waals surface area contributed by atoms with Gasteiger partial charge in [-0.3, -0.25) is 9.63 Å². The van der Waals surface area contributed by atoms with E-state index < -0.39 is 22.4 Å². The molecule has 0 N–H and O–H groups in total. The van der Waals surface area contributed by atoms with E-state index in [4.69, 9.17) is 15.9 Å². The van der Waals surface area contributed by atoms with Gasteiger partial charge in [0.1, 0.15) is 12.4 Å². The lowest BCUT2D eigenvalue weighted by Gasteiger charge is -2.39. The maximum atomic E-state index is 14.4. The Kier molecular flexibility index (Phi) is 7.91. The van der Waals surface area contributed by atoms with E-state index in [0.717, 1.165) is 23.3 Å². The summed E-state index contributed by atoms with van der Waals surface area (Å²) in [7, 11) is 0. The molecule has 1 saturated heterocycles. The maximum absolute atomic E-state index is 14.4. The second-order valence-electron chi connectivity index (χ2n) is 9.50. The minimum Gasteiger partial charge on any atom is -0.622 e. The third kappa shape index (κ3) is 5.52. The van der Waals surface area contributed by atoms with Crippen LogP contribution in [0.1, 0.15) is 56.8 Å². The number of terminal acetylenes is 1. The van der Waals surface area contributed by atoms with Gasteiger partial charge in [0.05, 0.1) is 34.5 Å². The van der Waals surface area contributed by atoms with Crippen molar-refractivity contribution >= 4 is 32.7 Å². The van der Waals surface area contributed by atoms with Crippen molar-refractivity contribution in [2.45, 2.75) is 58.2 Å². The number of thiazole rings is 1. The van der Waals surface area contributed by atoms with Crippen LogP contribution in [0.5, 0.6) is 5.75 Å². The number of benzene rings is 1. The Morgan fingerprint density at radius 1 is 1.33 bits per heavy atom. The van der Waals surface area contributed by atoms with E-state index in [9.17, 15) is 10.0 Å². The number of carbonyl (C=O) groups excluding carboxylic acids is 1. The van der Waals surface area contributed by atoms with Gasteiger partial charge < -0.3 is 14.7 Å². The molecule has 1 aromatic carbocycles. The van der Waals surface area contributed by atoms with Crippen molar-refractivity contribution in [3.05, 3.63) is 53.5 Å². The monoisotopic (exact) mass is 508 g/mol. The minimum absolute atomic E-state index is 0.0167. The van der Waals surface area contributed by atoms with Gasteiger partial charge in [-0.1, -0.05) is 43.4 Å². The zero-order valence-corrected chi connectivity index (χ0v) is 21.8. The molecule has 3 aromatic rings. The molecule has 1 fully saturated rings. The smallest absolute Gasteiger partial charge is 0.344 e. The van der Waals surface area contributed by atoms with Gasteiger partial charge in [-0.15, -0.1) is 6.42 Å². The highest BCUT2D eigenvalue weighted by Gasteiger charge is 2.50. The molecule has 0 aliphatic carbocycles. The highest BCUT2D eigenvalue weighted by molar-refractivity contribution is 7.22. The van der Waals surface area contributed by atoms with Gasteiger partial charge in [0, 0.05) is 12.4 Å². The van der Waals surface area contributed by atoms with Crippen LogP contribution in [0.3, 0.4) is 0 Å². The third-order valence-corrected chi connectivity index (χ3v) is 7.58. The molecule has 2 atom stereocenters. The SMILES string of the molecule is C#CC(C)(C)N1CC(OC(=O)c2cccnc2)[N+]([O-])(c2nc3ccc(OCCCCCC)cc3s2)C1. The summed E-state index contributed by atoms with van der Waals surface area (Å²) in [5, 5.41) is 14.7. The fourth-order valence-corrected chi connectivity index (χ4v) is 5.13. The Hall–Kier alpha value is -3.03. The van der Waals surface area contributed by atoms with Crippen molar-refractivity contribution in [3.8, 4) is 18.1 Å². The predicted molar refractivity (Wildman–Crippen MR) is 142 cm³/mol. The van der Waals surface area contributed by atoms with Gasteiger partial charge in [0.2, 0.25) is 0 Å². The summed E-state index contributed by atoms with van der Waals surface area (Å²) in [6.07, 6.45) is 12.2. The number of hydroxylamine groups is 2. The number of pyridine rings is 1. The molecule has 2 aromatic heterocycles. The molecule has 0 radical (unpaired) electrons. The number of rotatable bonds is 10. The van der Waals surface area contributed by atoms with Crippen molar-refractivity contribution < 1.29 is 14.3 Å². The minimum atomic E-state index is -1.03. The zero-order valence-electron chi connectivity index (χ0n) is 21.0. The van der Waals surface area contributed by atoms with Gasteiger partial charge >= 0.3 is 5.97 Å². The molecule has 0 spiro atoms. The van der Waals surface area contributed by atoms with Crippen LogP contribution in [0.4, 0.5) is 5.13 Å². The second kappa shape index (κ2) is 10.9. The fourth-order valence-electron chi connectivity index (χ4n) is 4.06. The zero-order chi connectivity index (χ0) is 25.8. The summed E-state index contributed by atoms with van der Waals surface area (Å²) in [6, 6.07) is 8.90. The Morgan fingerprint density at radius 2 is 2.17 bits per heavy atom. The highest BCUT2D eigenvalue weighted by Crippen LogP contribution is 2.40. The highest BCUT2D eigenvalue weighted by atomic mass is 32.1. The lowest BCUT2D eigenvalue weighted by Crippen LogP contribution is -2.51. The van der Waals surface area contributed by atoms with Crippen LogP contribution in [-0.2, 0) is 4.74 Å². The summed E-state index contributed by atoms with van der Waals surface area (Å²) >= 11 is 1.29. The second-order valence-corrected chi connectivity index (χ2v) is 10.5. The van der Waals surface area contributed by atoms with E-state index in [1.807, 2.05) is 36.9 Å². The molecule has 4 rings (SSSR count). The van der Waals surface area contributed by atoms with E-state index in [1.54, 1.807) is 18.3 Å². The van der Waals surface area contributed by atoms with E-state index in [0.29, 0.717) is 17.3 Å². The summed E-state index contributed by atoms with van der Waals surface area (Å²) in [4.78, 5) is 23.3. The topological polar surface area (TPSA) is 87.6 Å². The molecular formula is C27H32N4O4S. The third-order valence-electron chi connectivity index (χ3n) is 6.45. The maximum Gasteiger partial charge on any atom is 0.344 e. The predicted octanol–water partition coefficient (Wildman–Crippen LogP) is 5.32. The van der Waals surface area contributed by atoms with Crippen LogP contribution in [-0.4, -0.2) is 52.4 Å². The molecule has 0 bridgehead atoms. The summed E-state index contributed by atoms with van der Waals surface area (Å²) in [5.74, 6) is 2.88. The number of hydrogen-bond donors (Lipinski definition) is 0. The van der Waals surface area contributed by atoms with Crippen molar-refractivity contribution in [1.29, 1.82) is 0 Å². The quantitative estimate of drug-likeness (QED) is 0.120. The standard InChI is InChI=1S/C27H32N4O4S/c1-5-7-8-9-15-34-21-12-13-22-23(16-21)36-26(29-22)31(33)19-30(27(3,4)6-2)18-24(31)35-25(32)20-11-10-14-28-17-20/h2,10-14,16-17,24H,5,7-9,15,18-19H2,1,3-4H3. The van der Waals surface area contributed by atoms with E-state index in [1.165, 1.54) is 30.4 Å². The molecular weight excluding hydrogens is 476 g/mol. The van der Waals surface area contributed by atoms with Crippen LogP contribution < -0.4 is 9.38 Å². The lowest BCUT2D eigenvalue weighted by molar-refractivity contribution is 0.00530. The molecule has 36 heavy (non-hydrogen) atoms. The van der Waals surface area contributed by atoms with E-state index in [2.05, 4.69) is 22.8 Å². The Labute approximate surface area is 216 Å². The number of unbranched alkanes of at least 4 members (excludes halogenated alkanes) is 3. The van der Waals surface area contributed by atoms with Crippen molar-refractivity contribution in [3.63, 3.8) is 0 Å². The Balaban J connectivity index is 1.59. The van der Waals surface area contributed by atoms with Crippen molar-refractivity contribution in [2.24, 2.45) is 0 Å². The molecule has 1 aliphatic rings. The molecule has 3 heterocycles. The number of hydrogen-bond acceptors (Lipinski definition) is 8. The van der Waals surface area contributed by atoms with E-state index >= 15 is 0 Å². The first-order valence-electron chi connectivity index (χ1n) is 12.2. The van der Waals surface area contributed by atoms with Gasteiger partial charge in [-0.25, -0.2) is 9.69 Å². The molecule has 0 amide bonds. The Bertz CT molecular complexity index is 1240. The number of fused-ring (bicyclic) bond motifs is 1. The van der Waals surface area contributed by atoms with Gasteiger partial charge in [0.15, 0.2) is 0 Å². The summed E-state index contributed by atoms with van der Waals surface area (Å²) in [5.41, 5.74) is 0.288. The molecule has 1 aliphatic heterocycles. The first kappa shape index (κ1) is 26.0. The van der Waals surface area contributed by atoms with Gasteiger partial charge in [-0.2, -0.15) is 4.98 Å². The molecule has 190 valence electrons. The summed E-state index contributed by atoms with van der Waals surface area (Å²) < 4.78 is 11.6. The largest absolute Gasteiger partial charge is 0.622 e. The van der Waals surface area contributed by atoms with Crippen LogP contribution in [0, 0.1) is 17.6 Å². The first-order valence-corrected chi connectivity index (χ1v) is 13.0. The number of ether oxygens (including phenoxy) is 2. The normalized spacial score (nSPS) is 20.4. The van der Waals surface area contributed by atoms with Crippen LogP contribution in [0.25, 0.3) is 10.2 Å². The van der Waals surface area contributed by atoms with Crippen LogP contribution in [0.2, 0.25) is 0 Å².